The number of aliphatic hydroxyl groups is 2. The molecule has 0 radical (unpaired) electrons. The summed E-state index contributed by atoms with van der Waals surface area (Å²) >= 11 is 12.3. The fraction of sp³-hybridized carbons (Fsp3) is 0.333. The highest BCUT2D eigenvalue weighted by Gasteiger charge is 2.50. The SMILES string of the molecule is CC(C)=CC(=O)N(Cc1ccc(Cl)c(Cl)c1)[C@@H]1C=C(C(=O)NCCO)[C@@H]2c3ccccc3O[C@@H]2[C@H]1O. The number of ether oxygens (including phenoxy) is 1. The first-order valence-corrected chi connectivity index (χ1v) is 12.4. The van der Waals surface area contributed by atoms with E-state index in [1.807, 2.05) is 32.0 Å². The predicted octanol–water partition coefficient (Wildman–Crippen LogP) is 3.61. The molecule has 190 valence electrons. The number of rotatable bonds is 7. The molecule has 4 atom stereocenters. The van der Waals surface area contributed by atoms with Crippen LogP contribution in [0.5, 0.6) is 5.75 Å². The van der Waals surface area contributed by atoms with E-state index in [4.69, 9.17) is 27.9 Å². The summed E-state index contributed by atoms with van der Waals surface area (Å²) in [5, 5.41) is 24.2. The maximum atomic E-state index is 13.4. The van der Waals surface area contributed by atoms with Gasteiger partial charge in [0.1, 0.15) is 18.0 Å². The van der Waals surface area contributed by atoms with Gasteiger partial charge in [-0.3, -0.25) is 9.59 Å². The Balaban J connectivity index is 1.79. The Labute approximate surface area is 220 Å². The summed E-state index contributed by atoms with van der Waals surface area (Å²) in [7, 11) is 0. The molecule has 0 fully saturated rings. The summed E-state index contributed by atoms with van der Waals surface area (Å²) in [4.78, 5) is 28.1. The maximum Gasteiger partial charge on any atom is 0.247 e. The summed E-state index contributed by atoms with van der Waals surface area (Å²) in [6.07, 6.45) is 1.23. The summed E-state index contributed by atoms with van der Waals surface area (Å²) < 4.78 is 6.12. The van der Waals surface area contributed by atoms with Crippen LogP contribution in [0.15, 0.2) is 65.8 Å². The molecule has 2 amide bonds. The molecule has 2 aromatic carbocycles. The monoisotopic (exact) mass is 530 g/mol. The number of amides is 2. The zero-order valence-electron chi connectivity index (χ0n) is 19.9. The molecule has 36 heavy (non-hydrogen) atoms. The molecule has 1 aliphatic carbocycles. The van der Waals surface area contributed by atoms with Gasteiger partial charge in [0, 0.05) is 30.3 Å². The summed E-state index contributed by atoms with van der Waals surface area (Å²) in [6, 6.07) is 11.5. The smallest absolute Gasteiger partial charge is 0.247 e. The number of benzene rings is 2. The molecule has 0 bridgehead atoms. The number of allylic oxidation sites excluding steroid dienone is 1. The van der Waals surface area contributed by atoms with Gasteiger partial charge in [-0.15, -0.1) is 0 Å². The third kappa shape index (κ3) is 5.30. The van der Waals surface area contributed by atoms with Gasteiger partial charge >= 0.3 is 0 Å². The summed E-state index contributed by atoms with van der Waals surface area (Å²) in [5.41, 5.74) is 2.66. The molecule has 2 aromatic rings. The lowest BCUT2D eigenvalue weighted by Crippen LogP contribution is -2.55. The van der Waals surface area contributed by atoms with Crippen LogP contribution in [-0.4, -0.2) is 58.3 Å². The summed E-state index contributed by atoms with van der Waals surface area (Å²) in [6.45, 7) is 3.60. The van der Waals surface area contributed by atoms with Crippen LogP contribution in [0.25, 0.3) is 0 Å². The van der Waals surface area contributed by atoms with E-state index in [0.29, 0.717) is 26.9 Å². The Morgan fingerprint density at radius 1 is 1.14 bits per heavy atom. The molecule has 0 saturated carbocycles. The molecule has 3 N–H and O–H groups in total. The van der Waals surface area contributed by atoms with Crippen LogP contribution in [0.2, 0.25) is 10.0 Å². The number of nitrogens with one attached hydrogen (secondary N) is 1. The minimum Gasteiger partial charge on any atom is -0.486 e. The molecule has 0 spiro atoms. The molecular weight excluding hydrogens is 503 g/mol. The van der Waals surface area contributed by atoms with E-state index in [1.165, 1.54) is 11.0 Å². The third-order valence-corrected chi connectivity index (χ3v) is 7.01. The zero-order chi connectivity index (χ0) is 26.0. The van der Waals surface area contributed by atoms with Gasteiger partial charge in [0.05, 0.1) is 28.6 Å². The van der Waals surface area contributed by atoms with E-state index < -0.39 is 24.2 Å². The highest BCUT2D eigenvalue weighted by atomic mass is 35.5. The lowest BCUT2D eigenvalue weighted by Gasteiger charge is -2.40. The molecule has 7 nitrogen and oxygen atoms in total. The second kappa shape index (κ2) is 11.0. The normalized spacial score (nSPS) is 22.0. The Morgan fingerprint density at radius 2 is 1.89 bits per heavy atom. The van der Waals surface area contributed by atoms with Crippen LogP contribution >= 0.6 is 23.2 Å². The molecule has 1 aliphatic heterocycles. The Morgan fingerprint density at radius 3 is 2.58 bits per heavy atom. The molecule has 0 saturated heterocycles. The fourth-order valence-corrected chi connectivity index (χ4v) is 5.01. The van der Waals surface area contributed by atoms with Gasteiger partial charge in [0.25, 0.3) is 0 Å². The van der Waals surface area contributed by atoms with Crippen molar-refractivity contribution in [1.29, 1.82) is 0 Å². The molecular formula is C27H28Cl2N2O5. The van der Waals surface area contributed by atoms with Crippen molar-refractivity contribution >= 4 is 35.0 Å². The maximum absolute atomic E-state index is 13.4. The minimum atomic E-state index is -1.12. The molecule has 2 aliphatic rings. The van der Waals surface area contributed by atoms with Gasteiger partial charge in [0.2, 0.25) is 11.8 Å². The molecule has 1 heterocycles. The van der Waals surface area contributed by atoms with E-state index in [2.05, 4.69) is 5.32 Å². The van der Waals surface area contributed by atoms with Crippen molar-refractivity contribution in [3.8, 4) is 5.75 Å². The molecule has 9 heteroatoms. The number of carbonyl (C=O) groups excluding carboxylic acids is 2. The van der Waals surface area contributed by atoms with Gasteiger partial charge in [-0.05, 0) is 43.7 Å². The van der Waals surface area contributed by atoms with Gasteiger partial charge in [-0.2, -0.15) is 0 Å². The van der Waals surface area contributed by atoms with Crippen molar-refractivity contribution in [1.82, 2.24) is 10.2 Å². The van der Waals surface area contributed by atoms with Crippen molar-refractivity contribution in [2.24, 2.45) is 0 Å². The number of para-hydroxylation sites is 1. The molecule has 0 aromatic heterocycles. The molecule has 4 rings (SSSR count). The Bertz CT molecular complexity index is 1220. The van der Waals surface area contributed by atoms with Crippen LogP contribution in [-0.2, 0) is 16.1 Å². The van der Waals surface area contributed by atoms with Gasteiger partial charge < -0.3 is 25.2 Å². The number of fused-ring (bicyclic) bond motifs is 3. The zero-order valence-corrected chi connectivity index (χ0v) is 21.5. The number of nitrogens with zero attached hydrogens (tertiary/aromatic N) is 1. The number of hydrogen-bond acceptors (Lipinski definition) is 5. The van der Waals surface area contributed by atoms with E-state index in [0.717, 1.165) is 11.1 Å². The van der Waals surface area contributed by atoms with Crippen molar-refractivity contribution < 1.29 is 24.5 Å². The predicted molar refractivity (Wildman–Crippen MR) is 138 cm³/mol. The lowest BCUT2D eigenvalue weighted by atomic mass is 9.77. The first-order chi connectivity index (χ1) is 17.2. The second-order valence-electron chi connectivity index (χ2n) is 9.12. The van der Waals surface area contributed by atoms with Gasteiger partial charge in [0.15, 0.2) is 0 Å². The first kappa shape index (κ1) is 26.2. The van der Waals surface area contributed by atoms with Crippen LogP contribution in [0, 0.1) is 0 Å². The third-order valence-electron chi connectivity index (χ3n) is 6.27. The van der Waals surface area contributed by atoms with Crippen LogP contribution in [0.4, 0.5) is 0 Å². The van der Waals surface area contributed by atoms with Crippen molar-refractivity contribution in [3.05, 3.63) is 86.9 Å². The van der Waals surface area contributed by atoms with Crippen molar-refractivity contribution in [2.75, 3.05) is 13.2 Å². The number of hydrogen-bond donors (Lipinski definition) is 3. The van der Waals surface area contributed by atoms with E-state index in [9.17, 15) is 19.8 Å². The highest BCUT2D eigenvalue weighted by molar-refractivity contribution is 6.42. The van der Waals surface area contributed by atoms with Gasteiger partial charge in [-0.1, -0.05) is 53.0 Å². The number of aliphatic hydroxyl groups excluding tert-OH is 2. The lowest BCUT2D eigenvalue weighted by molar-refractivity contribution is -0.133. The second-order valence-corrected chi connectivity index (χ2v) is 9.93. The van der Waals surface area contributed by atoms with Gasteiger partial charge in [-0.25, -0.2) is 0 Å². The minimum absolute atomic E-state index is 0.0764. The van der Waals surface area contributed by atoms with E-state index in [1.54, 1.807) is 30.3 Å². The number of halogens is 2. The molecule has 0 unspecified atom stereocenters. The largest absolute Gasteiger partial charge is 0.486 e. The van der Waals surface area contributed by atoms with E-state index >= 15 is 0 Å². The van der Waals surface area contributed by atoms with Crippen molar-refractivity contribution in [3.63, 3.8) is 0 Å². The average molecular weight is 531 g/mol. The standard InChI is InChI=1S/C27H28Cl2N2O5/c1-15(2)11-23(33)31(14-16-7-8-19(28)20(29)12-16)21-13-18(27(35)30-9-10-32)24-17-5-3-4-6-22(17)36-26(24)25(21)34/h3-8,11-13,21,24-26,32,34H,9-10,14H2,1-2H3,(H,30,35)/t21-,24+,25+,26+/m1/s1. The van der Waals surface area contributed by atoms with E-state index in [-0.39, 0.29) is 31.5 Å². The topological polar surface area (TPSA) is 99.1 Å². The summed E-state index contributed by atoms with van der Waals surface area (Å²) in [5.74, 6) is -0.651. The number of carbonyl (C=O) groups is 2. The van der Waals surface area contributed by atoms with Crippen molar-refractivity contribution in [2.45, 2.75) is 44.6 Å². The highest BCUT2D eigenvalue weighted by Crippen LogP contribution is 2.47. The Kier molecular flexibility index (Phi) is 8.05. The van der Waals surface area contributed by atoms with Crippen LogP contribution in [0.1, 0.15) is 30.9 Å². The van der Waals surface area contributed by atoms with Crippen LogP contribution < -0.4 is 10.1 Å². The quantitative estimate of drug-likeness (QED) is 0.475. The average Bonchev–Trinajstić information content (AvgIpc) is 3.23. The first-order valence-electron chi connectivity index (χ1n) is 11.6. The Hall–Kier alpha value is -2.84. The fourth-order valence-electron chi connectivity index (χ4n) is 4.69. The van der Waals surface area contributed by atoms with Crippen LogP contribution in [0.3, 0.4) is 0 Å².